The quantitative estimate of drug-likeness (QED) is 0.862. The Morgan fingerprint density at radius 1 is 1.10 bits per heavy atom. The molecule has 0 heterocycles. The molecule has 0 aliphatic heterocycles. The van der Waals surface area contributed by atoms with E-state index in [1.54, 1.807) is 26.8 Å². The predicted octanol–water partition coefficient (Wildman–Crippen LogP) is 2.83. The summed E-state index contributed by atoms with van der Waals surface area (Å²) in [6.07, 6.45) is -0.610. The van der Waals surface area contributed by atoms with Crippen LogP contribution in [0.25, 0.3) is 0 Å². The highest BCUT2D eigenvalue weighted by molar-refractivity contribution is 5.93. The molecule has 1 amide bonds. The molecule has 0 saturated carbocycles. The number of hydrogen-bond acceptors (Lipinski definition) is 5. The molecule has 0 atom stereocenters. The van der Waals surface area contributed by atoms with Crippen molar-refractivity contribution in [3.05, 3.63) is 23.8 Å². The fourth-order valence-electron chi connectivity index (χ4n) is 1.45. The van der Waals surface area contributed by atoms with Gasteiger partial charge in [0, 0.05) is 11.8 Å². The Balaban J connectivity index is 2.94. The Morgan fingerprint density at radius 2 is 1.75 bits per heavy atom. The van der Waals surface area contributed by atoms with Gasteiger partial charge in [-0.2, -0.15) is 0 Å². The zero-order valence-electron chi connectivity index (χ0n) is 12.3. The lowest BCUT2D eigenvalue weighted by Crippen LogP contribution is -2.27. The Morgan fingerprint density at radius 3 is 2.25 bits per heavy atom. The number of anilines is 1. The molecule has 20 heavy (non-hydrogen) atoms. The van der Waals surface area contributed by atoms with Gasteiger partial charge in [-0.25, -0.2) is 9.59 Å². The van der Waals surface area contributed by atoms with Crippen molar-refractivity contribution < 1.29 is 23.8 Å². The molecule has 1 aromatic carbocycles. The Labute approximate surface area is 118 Å². The van der Waals surface area contributed by atoms with E-state index < -0.39 is 17.7 Å². The number of methoxy groups -OCH3 is 2. The maximum Gasteiger partial charge on any atom is 0.412 e. The van der Waals surface area contributed by atoms with Gasteiger partial charge < -0.3 is 14.2 Å². The molecule has 0 aromatic heterocycles. The summed E-state index contributed by atoms with van der Waals surface area (Å²) < 4.78 is 14.8. The van der Waals surface area contributed by atoms with Crippen molar-refractivity contribution in [2.24, 2.45) is 0 Å². The third-order valence-corrected chi connectivity index (χ3v) is 2.21. The van der Waals surface area contributed by atoms with Gasteiger partial charge in [-0.3, -0.25) is 5.32 Å². The molecule has 110 valence electrons. The smallest absolute Gasteiger partial charge is 0.412 e. The lowest BCUT2D eigenvalue weighted by molar-refractivity contribution is 0.0596. The van der Waals surface area contributed by atoms with Crippen LogP contribution in [-0.4, -0.2) is 31.9 Å². The number of ether oxygens (including phenoxy) is 3. The maximum absolute atomic E-state index is 11.7. The van der Waals surface area contributed by atoms with Crippen molar-refractivity contribution in [1.82, 2.24) is 0 Å². The maximum atomic E-state index is 11.7. The number of carbonyl (C=O) groups is 2. The second-order valence-corrected chi connectivity index (χ2v) is 5.07. The second kappa shape index (κ2) is 6.27. The molecule has 0 saturated heterocycles. The van der Waals surface area contributed by atoms with E-state index in [0.29, 0.717) is 11.4 Å². The summed E-state index contributed by atoms with van der Waals surface area (Å²) in [5.74, 6) is -0.0879. The Bertz CT molecular complexity index is 505. The first-order chi connectivity index (χ1) is 9.25. The van der Waals surface area contributed by atoms with Crippen LogP contribution in [0.4, 0.5) is 10.5 Å². The number of amides is 1. The highest BCUT2D eigenvalue weighted by Gasteiger charge is 2.17. The minimum absolute atomic E-state index is 0.276. The molecular formula is C14H19NO5. The first kappa shape index (κ1) is 15.8. The van der Waals surface area contributed by atoms with Crippen LogP contribution < -0.4 is 10.1 Å². The average molecular weight is 281 g/mol. The molecule has 6 heteroatoms. The van der Waals surface area contributed by atoms with Gasteiger partial charge in [0.2, 0.25) is 0 Å². The van der Waals surface area contributed by atoms with Crippen LogP contribution >= 0.6 is 0 Å². The first-order valence-corrected chi connectivity index (χ1v) is 6.02. The van der Waals surface area contributed by atoms with Crippen LogP contribution in [0.2, 0.25) is 0 Å². The summed E-state index contributed by atoms with van der Waals surface area (Å²) in [7, 11) is 2.75. The second-order valence-electron chi connectivity index (χ2n) is 5.07. The fourth-order valence-corrected chi connectivity index (χ4v) is 1.45. The van der Waals surface area contributed by atoms with Gasteiger partial charge in [-0.05, 0) is 32.9 Å². The zero-order valence-corrected chi connectivity index (χ0v) is 12.3. The highest BCUT2D eigenvalue weighted by Crippen LogP contribution is 2.22. The van der Waals surface area contributed by atoms with Crippen LogP contribution in [-0.2, 0) is 9.47 Å². The third kappa shape index (κ3) is 4.79. The predicted molar refractivity (Wildman–Crippen MR) is 74.2 cm³/mol. The molecule has 1 rings (SSSR count). The van der Waals surface area contributed by atoms with E-state index in [-0.39, 0.29) is 5.56 Å². The van der Waals surface area contributed by atoms with E-state index in [2.05, 4.69) is 10.1 Å². The molecule has 0 aliphatic carbocycles. The molecule has 0 radical (unpaired) electrons. The summed E-state index contributed by atoms with van der Waals surface area (Å²) in [6, 6.07) is 4.58. The first-order valence-electron chi connectivity index (χ1n) is 6.02. The van der Waals surface area contributed by atoms with Gasteiger partial charge in [0.05, 0.1) is 19.8 Å². The van der Waals surface area contributed by atoms with Gasteiger partial charge in [-0.1, -0.05) is 0 Å². The van der Waals surface area contributed by atoms with Crippen molar-refractivity contribution in [1.29, 1.82) is 0 Å². The van der Waals surface area contributed by atoms with E-state index in [9.17, 15) is 9.59 Å². The van der Waals surface area contributed by atoms with Crippen molar-refractivity contribution in [3.8, 4) is 5.75 Å². The molecule has 1 aromatic rings. The van der Waals surface area contributed by atoms with E-state index in [1.807, 2.05) is 0 Å². The minimum atomic E-state index is -0.610. The molecule has 0 aliphatic rings. The van der Waals surface area contributed by atoms with Crippen LogP contribution in [0.3, 0.4) is 0 Å². The van der Waals surface area contributed by atoms with Gasteiger partial charge in [0.25, 0.3) is 0 Å². The molecule has 1 N–H and O–H groups in total. The average Bonchev–Trinajstić information content (AvgIpc) is 2.34. The minimum Gasteiger partial charge on any atom is -0.497 e. The van der Waals surface area contributed by atoms with Gasteiger partial charge >= 0.3 is 12.1 Å². The summed E-state index contributed by atoms with van der Waals surface area (Å²) in [5, 5.41) is 2.54. The Kier molecular flexibility index (Phi) is 4.96. The highest BCUT2D eigenvalue weighted by atomic mass is 16.6. The number of carbonyl (C=O) groups excluding carboxylic acids is 2. The van der Waals surface area contributed by atoms with Gasteiger partial charge in [-0.15, -0.1) is 0 Å². The van der Waals surface area contributed by atoms with Crippen LogP contribution in [0.1, 0.15) is 31.1 Å². The monoisotopic (exact) mass is 281 g/mol. The largest absolute Gasteiger partial charge is 0.497 e. The fraction of sp³-hybridized carbons (Fsp3) is 0.429. The number of nitrogens with one attached hydrogen (secondary N) is 1. The SMILES string of the molecule is COC(=O)c1cc(NC(=O)OC(C)(C)C)cc(OC)c1. The normalized spacial score (nSPS) is 10.7. The summed E-state index contributed by atoms with van der Waals surface area (Å²) in [5.41, 5.74) is 0.0608. The number of hydrogen-bond donors (Lipinski definition) is 1. The lowest BCUT2D eigenvalue weighted by atomic mass is 10.2. The van der Waals surface area contributed by atoms with Crippen molar-refractivity contribution in [2.45, 2.75) is 26.4 Å². The third-order valence-electron chi connectivity index (χ3n) is 2.21. The van der Waals surface area contributed by atoms with E-state index in [4.69, 9.17) is 9.47 Å². The van der Waals surface area contributed by atoms with E-state index in [0.717, 1.165) is 0 Å². The van der Waals surface area contributed by atoms with Crippen molar-refractivity contribution in [3.63, 3.8) is 0 Å². The Hall–Kier alpha value is -2.24. The van der Waals surface area contributed by atoms with Crippen molar-refractivity contribution in [2.75, 3.05) is 19.5 Å². The topological polar surface area (TPSA) is 73.9 Å². The molecule has 0 bridgehead atoms. The van der Waals surface area contributed by atoms with Crippen LogP contribution in [0.5, 0.6) is 5.75 Å². The molecule has 6 nitrogen and oxygen atoms in total. The summed E-state index contributed by atoms with van der Waals surface area (Å²) >= 11 is 0. The lowest BCUT2D eigenvalue weighted by Gasteiger charge is -2.20. The summed E-state index contributed by atoms with van der Waals surface area (Å²) in [4.78, 5) is 23.2. The number of benzene rings is 1. The van der Waals surface area contributed by atoms with Crippen molar-refractivity contribution >= 4 is 17.7 Å². The molecule has 0 spiro atoms. The summed E-state index contributed by atoms with van der Waals surface area (Å²) in [6.45, 7) is 5.29. The molecule has 0 unspecified atom stereocenters. The number of esters is 1. The van der Waals surface area contributed by atoms with E-state index >= 15 is 0 Å². The standard InChI is InChI=1S/C14H19NO5/c1-14(2,3)20-13(17)15-10-6-9(12(16)19-5)7-11(8-10)18-4/h6-8H,1-5H3,(H,15,17). The van der Waals surface area contributed by atoms with Gasteiger partial charge in [0.15, 0.2) is 0 Å². The zero-order chi connectivity index (χ0) is 15.3. The van der Waals surface area contributed by atoms with Crippen LogP contribution in [0, 0.1) is 0 Å². The van der Waals surface area contributed by atoms with Gasteiger partial charge in [0.1, 0.15) is 11.4 Å². The number of rotatable bonds is 3. The molecular weight excluding hydrogens is 262 g/mol. The molecule has 0 fully saturated rings. The van der Waals surface area contributed by atoms with Crippen LogP contribution in [0.15, 0.2) is 18.2 Å². The van der Waals surface area contributed by atoms with E-state index in [1.165, 1.54) is 26.4 Å².